The molecule has 0 spiro atoms. The zero-order valence-electron chi connectivity index (χ0n) is 22.5. The first-order valence-corrected chi connectivity index (χ1v) is 13.0. The van der Waals surface area contributed by atoms with Gasteiger partial charge in [0, 0.05) is 22.6 Å². The second kappa shape index (κ2) is 9.79. The standard InChI is InChI=1S/C28H30FN5O6/c1-5-28(39)17-8-21-23-15(10-34(21)26(37)16(17)11-40-27(28)38)6-14-7-20(18(29)9-19(14)32-23)33-24(35)13(4)31-25(36)22(30)12(2)3/h6-9,12-13,22,39H,5,10-11,30H2,1-4H3,(H,31,36)(H,33,35)/t13-,22-,28-/m0/s1. The Kier molecular flexibility index (Phi) is 6.71. The lowest BCUT2D eigenvalue weighted by Gasteiger charge is -2.31. The zero-order chi connectivity index (χ0) is 29.1. The van der Waals surface area contributed by atoms with Crippen molar-refractivity contribution in [3.05, 3.63) is 57.1 Å². The highest BCUT2D eigenvalue weighted by atomic mass is 19.1. The summed E-state index contributed by atoms with van der Waals surface area (Å²) in [7, 11) is 0. The molecule has 40 heavy (non-hydrogen) atoms. The summed E-state index contributed by atoms with van der Waals surface area (Å²) in [6, 6.07) is 4.18. The van der Waals surface area contributed by atoms with Crippen LogP contribution in [0.15, 0.2) is 29.1 Å². The Morgan fingerprint density at radius 1 is 1.20 bits per heavy atom. The van der Waals surface area contributed by atoms with Crippen LogP contribution in [0.2, 0.25) is 0 Å². The van der Waals surface area contributed by atoms with Gasteiger partial charge in [0.25, 0.3) is 5.56 Å². The van der Waals surface area contributed by atoms with Gasteiger partial charge in [-0.25, -0.2) is 14.2 Å². The second-order valence-electron chi connectivity index (χ2n) is 10.6. The fourth-order valence-corrected chi connectivity index (χ4v) is 5.02. The van der Waals surface area contributed by atoms with Crippen molar-refractivity contribution in [3.63, 3.8) is 0 Å². The highest BCUT2D eigenvalue weighted by molar-refractivity contribution is 5.99. The first-order chi connectivity index (χ1) is 18.8. The van der Waals surface area contributed by atoms with Crippen LogP contribution in [0.3, 0.4) is 0 Å². The van der Waals surface area contributed by atoms with E-state index in [1.165, 1.54) is 23.6 Å². The lowest BCUT2D eigenvalue weighted by Crippen LogP contribution is -2.50. The number of carbonyl (C=O) groups is 3. The Morgan fingerprint density at radius 2 is 1.93 bits per heavy atom. The highest BCUT2D eigenvalue weighted by Gasteiger charge is 2.45. The molecule has 0 bridgehead atoms. The van der Waals surface area contributed by atoms with Crippen LogP contribution in [0.25, 0.3) is 22.3 Å². The summed E-state index contributed by atoms with van der Waals surface area (Å²) in [5.74, 6) is -2.79. The van der Waals surface area contributed by atoms with E-state index < -0.39 is 46.8 Å². The van der Waals surface area contributed by atoms with Crippen molar-refractivity contribution >= 4 is 34.4 Å². The van der Waals surface area contributed by atoms with Crippen LogP contribution in [0.4, 0.5) is 10.1 Å². The number of fused-ring (bicyclic) bond motifs is 5. The molecular weight excluding hydrogens is 521 g/mol. The van der Waals surface area contributed by atoms with Crippen LogP contribution in [0.5, 0.6) is 0 Å². The lowest BCUT2D eigenvalue weighted by molar-refractivity contribution is -0.172. The van der Waals surface area contributed by atoms with Crippen LogP contribution in [0.1, 0.15) is 50.8 Å². The number of rotatable bonds is 6. The number of carbonyl (C=O) groups excluding carboxylic acids is 3. The first-order valence-electron chi connectivity index (χ1n) is 13.0. The van der Waals surface area contributed by atoms with Gasteiger partial charge >= 0.3 is 5.97 Å². The summed E-state index contributed by atoms with van der Waals surface area (Å²) in [4.78, 5) is 55.1. The predicted molar refractivity (Wildman–Crippen MR) is 144 cm³/mol. The van der Waals surface area contributed by atoms with Gasteiger partial charge in [0.1, 0.15) is 18.5 Å². The average molecular weight is 552 g/mol. The SMILES string of the molecule is CC[C@@]1(O)C(=O)OCc2c1cc1n(c2=O)Cc2cc3cc(NC(=O)[C@H](C)NC(=O)[C@@H](N)C(C)C)c(F)cc3nc2-1. The van der Waals surface area contributed by atoms with Crippen molar-refractivity contribution in [2.24, 2.45) is 11.7 Å². The molecule has 0 saturated carbocycles. The first kappa shape index (κ1) is 27.4. The van der Waals surface area contributed by atoms with Crippen LogP contribution in [-0.2, 0) is 37.9 Å². The van der Waals surface area contributed by atoms with E-state index in [1.807, 2.05) is 0 Å². The maximum Gasteiger partial charge on any atom is 0.343 e. The Labute approximate surface area is 228 Å². The van der Waals surface area contributed by atoms with Crippen molar-refractivity contribution in [3.8, 4) is 11.4 Å². The summed E-state index contributed by atoms with van der Waals surface area (Å²) in [6.07, 6.45) is 0.0201. The lowest BCUT2D eigenvalue weighted by atomic mass is 9.86. The monoisotopic (exact) mass is 551 g/mol. The van der Waals surface area contributed by atoms with E-state index in [-0.39, 0.29) is 47.8 Å². The third kappa shape index (κ3) is 4.33. The molecule has 0 radical (unpaired) electrons. The van der Waals surface area contributed by atoms with E-state index in [4.69, 9.17) is 10.5 Å². The van der Waals surface area contributed by atoms with Crippen LogP contribution < -0.4 is 21.9 Å². The number of ether oxygens (including phenoxy) is 1. The number of hydrogen-bond donors (Lipinski definition) is 4. The number of anilines is 1. The van der Waals surface area contributed by atoms with Gasteiger partial charge in [0.15, 0.2) is 5.60 Å². The molecule has 2 aromatic heterocycles. The smallest absolute Gasteiger partial charge is 0.343 e. The summed E-state index contributed by atoms with van der Waals surface area (Å²) < 4.78 is 21.6. The quantitative estimate of drug-likeness (QED) is 0.263. The molecule has 210 valence electrons. The number of pyridine rings is 2. The Morgan fingerprint density at radius 3 is 2.60 bits per heavy atom. The Bertz CT molecular complexity index is 1650. The molecule has 5 rings (SSSR count). The van der Waals surface area contributed by atoms with Crippen molar-refractivity contribution in [2.45, 2.75) is 65.0 Å². The highest BCUT2D eigenvalue weighted by Crippen LogP contribution is 2.39. The molecule has 0 saturated heterocycles. The van der Waals surface area contributed by atoms with E-state index in [2.05, 4.69) is 15.6 Å². The topological polar surface area (TPSA) is 166 Å². The number of nitrogens with zero attached hydrogens (tertiary/aromatic N) is 2. The van der Waals surface area contributed by atoms with Gasteiger partial charge in [0.2, 0.25) is 11.8 Å². The number of amides is 2. The molecular formula is C28H30FN5O6. The maximum absolute atomic E-state index is 15.1. The fourth-order valence-electron chi connectivity index (χ4n) is 5.02. The van der Waals surface area contributed by atoms with E-state index in [9.17, 15) is 24.3 Å². The molecule has 1 aromatic carbocycles. The van der Waals surface area contributed by atoms with Gasteiger partial charge in [0.05, 0.1) is 40.7 Å². The normalized spacial score (nSPS) is 18.9. The third-order valence-electron chi connectivity index (χ3n) is 7.63. The number of nitrogens with one attached hydrogen (secondary N) is 2. The van der Waals surface area contributed by atoms with Gasteiger partial charge in [-0.3, -0.25) is 14.4 Å². The van der Waals surface area contributed by atoms with Crippen LogP contribution in [-0.4, -0.2) is 44.5 Å². The summed E-state index contributed by atoms with van der Waals surface area (Å²) in [5.41, 5.74) is 5.57. The number of aromatic nitrogens is 2. The summed E-state index contributed by atoms with van der Waals surface area (Å²) in [5, 5.41) is 16.5. The number of aliphatic hydroxyl groups is 1. The number of esters is 1. The number of benzene rings is 1. The van der Waals surface area contributed by atoms with E-state index in [0.29, 0.717) is 22.3 Å². The molecule has 2 aliphatic rings. The van der Waals surface area contributed by atoms with E-state index >= 15 is 4.39 Å². The van der Waals surface area contributed by atoms with Crippen LogP contribution in [0, 0.1) is 11.7 Å². The molecule has 4 heterocycles. The van der Waals surface area contributed by atoms with Crippen molar-refractivity contribution < 1.29 is 28.6 Å². The minimum absolute atomic E-state index is 0.0201. The second-order valence-corrected chi connectivity index (χ2v) is 10.6. The molecule has 2 amide bonds. The minimum atomic E-state index is -1.95. The number of nitrogens with two attached hydrogens (primary N) is 1. The fraction of sp³-hybridized carbons (Fsp3) is 0.393. The summed E-state index contributed by atoms with van der Waals surface area (Å²) in [6.45, 7) is 6.60. The zero-order valence-corrected chi connectivity index (χ0v) is 22.5. The minimum Gasteiger partial charge on any atom is -0.458 e. The molecule has 0 aliphatic carbocycles. The third-order valence-corrected chi connectivity index (χ3v) is 7.63. The van der Waals surface area contributed by atoms with E-state index in [1.54, 1.807) is 32.9 Å². The van der Waals surface area contributed by atoms with Gasteiger partial charge in [-0.1, -0.05) is 20.8 Å². The van der Waals surface area contributed by atoms with Gasteiger partial charge in [-0.15, -0.1) is 0 Å². The average Bonchev–Trinajstić information content (AvgIpc) is 3.27. The van der Waals surface area contributed by atoms with Gasteiger partial charge in [-0.2, -0.15) is 0 Å². The van der Waals surface area contributed by atoms with E-state index in [0.717, 1.165) is 0 Å². The Hall–Kier alpha value is -4.16. The van der Waals surface area contributed by atoms with Crippen molar-refractivity contribution in [1.82, 2.24) is 14.9 Å². The molecule has 3 atom stereocenters. The van der Waals surface area contributed by atoms with Gasteiger partial charge in [-0.05, 0) is 37.5 Å². The molecule has 3 aromatic rings. The molecule has 0 fully saturated rings. The van der Waals surface area contributed by atoms with Crippen molar-refractivity contribution in [2.75, 3.05) is 5.32 Å². The summed E-state index contributed by atoms with van der Waals surface area (Å²) >= 11 is 0. The predicted octanol–water partition coefficient (Wildman–Crippen LogP) is 1.65. The van der Waals surface area contributed by atoms with Crippen LogP contribution >= 0.6 is 0 Å². The maximum atomic E-state index is 15.1. The van der Waals surface area contributed by atoms with Gasteiger partial charge < -0.3 is 30.8 Å². The molecule has 2 aliphatic heterocycles. The number of halogens is 1. The Balaban J connectivity index is 1.47. The van der Waals surface area contributed by atoms with Crippen molar-refractivity contribution in [1.29, 1.82) is 0 Å². The molecule has 11 nitrogen and oxygen atoms in total. The molecule has 0 unspecified atom stereocenters. The number of cyclic esters (lactones) is 1. The number of hydrogen-bond acceptors (Lipinski definition) is 8. The molecule has 12 heteroatoms. The molecule has 5 N–H and O–H groups in total. The largest absolute Gasteiger partial charge is 0.458 e.